The summed E-state index contributed by atoms with van der Waals surface area (Å²) in [4.78, 5) is 11.5. The van der Waals surface area contributed by atoms with E-state index in [1.54, 1.807) is 0 Å². The molecule has 1 fully saturated rings. The lowest BCUT2D eigenvalue weighted by Gasteiger charge is -2.08. The lowest BCUT2D eigenvalue weighted by Crippen LogP contribution is -2.29. The lowest BCUT2D eigenvalue weighted by molar-refractivity contribution is -0.115. The third kappa shape index (κ3) is 3.50. The van der Waals surface area contributed by atoms with Gasteiger partial charge in [-0.25, -0.2) is 8.78 Å². The molecule has 1 saturated carbocycles. The number of carbonyl (C=O) groups excluding carboxylic acids is 1. The van der Waals surface area contributed by atoms with E-state index in [2.05, 4.69) is 10.6 Å². The van der Waals surface area contributed by atoms with Crippen molar-refractivity contribution in [2.24, 2.45) is 5.92 Å². The molecule has 3 nitrogen and oxygen atoms in total. The van der Waals surface area contributed by atoms with E-state index in [1.165, 1.54) is 19.8 Å². The first-order valence-corrected chi connectivity index (χ1v) is 6.02. The Morgan fingerprint density at radius 3 is 2.72 bits per heavy atom. The molecule has 98 valence electrons. The summed E-state index contributed by atoms with van der Waals surface area (Å²) in [5, 5.41) is 5.34. The SMILES string of the molecule is Cc1cc(F)c(NC(=O)CNCC2CC2)cc1F. The Hall–Kier alpha value is -1.49. The highest BCUT2D eigenvalue weighted by Crippen LogP contribution is 2.27. The van der Waals surface area contributed by atoms with Crippen LogP contribution in [0.25, 0.3) is 0 Å². The summed E-state index contributed by atoms with van der Waals surface area (Å²) in [6.45, 7) is 2.39. The van der Waals surface area contributed by atoms with Crippen molar-refractivity contribution in [3.05, 3.63) is 29.3 Å². The van der Waals surface area contributed by atoms with Gasteiger partial charge in [-0.05, 0) is 43.9 Å². The number of benzene rings is 1. The third-order valence-electron chi connectivity index (χ3n) is 2.94. The van der Waals surface area contributed by atoms with Crippen LogP contribution in [0.4, 0.5) is 14.5 Å². The highest BCUT2D eigenvalue weighted by Gasteiger charge is 2.20. The van der Waals surface area contributed by atoms with E-state index in [1.807, 2.05) is 0 Å². The first-order chi connectivity index (χ1) is 8.56. The number of amides is 1. The molecule has 1 aromatic rings. The number of anilines is 1. The molecule has 1 aliphatic rings. The van der Waals surface area contributed by atoms with Crippen LogP contribution in [-0.2, 0) is 4.79 Å². The van der Waals surface area contributed by atoms with Gasteiger partial charge in [-0.2, -0.15) is 0 Å². The molecule has 0 spiro atoms. The second-order valence-corrected chi connectivity index (χ2v) is 4.70. The highest BCUT2D eigenvalue weighted by atomic mass is 19.1. The predicted octanol–water partition coefficient (Wildman–Crippen LogP) is 2.21. The van der Waals surface area contributed by atoms with Crippen molar-refractivity contribution in [3.63, 3.8) is 0 Å². The van der Waals surface area contributed by atoms with E-state index in [9.17, 15) is 13.6 Å². The number of hydrogen-bond acceptors (Lipinski definition) is 2. The molecule has 1 aromatic carbocycles. The maximum Gasteiger partial charge on any atom is 0.238 e. The fourth-order valence-electron chi connectivity index (χ4n) is 1.65. The molecule has 0 radical (unpaired) electrons. The zero-order chi connectivity index (χ0) is 13.1. The average Bonchev–Trinajstić information content (AvgIpc) is 3.10. The molecular formula is C13H16F2N2O. The summed E-state index contributed by atoms with van der Waals surface area (Å²) < 4.78 is 26.7. The van der Waals surface area contributed by atoms with Crippen LogP contribution in [0.3, 0.4) is 0 Å². The van der Waals surface area contributed by atoms with Crippen LogP contribution < -0.4 is 10.6 Å². The quantitative estimate of drug-likeness (QED) is 0.846. The van der Waals surface area contributed by atoms with Crippen molar-refractivity contribution in [2.45, 2.75) is 19.8 Å². The van der Waals surface area contributed by atoms with Crippen LogP contribution in [0.15, 0.2) is 12.1 Å². The Kier molecular flexibility index (Phi) is 3.91. The van der Waals surface area contributed by atoms with E-state index in [0.29, 0.717) is 5.92 Å². The molecule has 0 aliphatic heterocycles. The van der Waals surface area contributed by atoms with Gasteiger partial charge in [0.1, 0.15) is 11.6 Å². The summed E-state index contributed by atoms with van der Waals surface area (Å²) in [5.41, 5.74) is 0.105. The molecule has 0 atom stereocenters. The minimum atomic E-state index is -0.621. The molecule has 0 saturated heterocycles. The monoisotopic (exact) mass is 254 g/mol. The second-order valence-electron chi connectivity index (χ2n) is 4.70. The van der Waals surface area contributed by atoms with Gasteiger partial charge in [0.05, 0.1) is 12.2 Å². The standard InChI is InChI=1S/C13H16F2N2O/c1-8-4-11(15)12(5-10(8)14)17-13(18)7-16-6-9-2-3-9/h4-5,9,16H,2-3,6-7H2,1H3,(H,17,18). The van der Waals surface area contributed by atoms with Gasteiger partial charge in [-0.15, -0.1) is 0 Å². The van der Waals surface area contributed by atoms with Crippen LogP contribution in [0.1, 0.15) is 18.4 Å². The fourth-order valence-corrected chi connectivity index (χ4v) is 1.65. The molecule has 18 heavy (non-hydrogen) atoms. The van der Waals surface area contributed by atoms with Crippen LogP contribution in [0.5, 0.6) is 0 Å². The smallest absolute Gasteiger partial charge is 0.238 e. The van der Waals surface area contributed by atoms with Gasteiger partial charge in [-0.1, -0.05) is 0 Å². The highest BCUT2D eigenvalue weighted by molar-refractivity contribution is 5.92. The number of carbonyl (C=O) groups is 1. The number of rotatable bonds is 5. The summed E-state index contributed by atoms with van der Waals surface area (Å²) in [5.74, 6) is -0.841. The number of nitrogens with one attached hydrogen (secondary N) is 2. The van der Waals surface area contributed by atoms with Crippen molar-refractivity contribution in [1.82, 2.24) is 5.32 Å². The van der Waals surface area contributed by atoms with Crippen LogP contribution in [0, 0.1) is 24.5 Å². The lowest BCUT2D eigenvalue weighted by atomic mass is 10.2. The maximum atomic E-state index is 13.4. The molecule has 0 aromatic heterocycles. The summed E-state index contributed by atoms with van der Waals surface area (Å²) >= 11 is 0. The molecule has 2 rings (SSSR count). The summed E-state index contributed by atoms with van der Waals surface area (Å²) in [6, 6.07) is 2.08. The zero-order valence-electron chi connectivity index (χ0n) is 10.2. The normalized spacial score (nSPS) is 14.6. The molecule has 0 bridgehead atoms. The first-order valence-electron chi connectivity index (χ1n) is 6.02. The Labute approximate surface area is 105 Å². The van der Waals surface area contributed by atoms with Crippen LogP contribution >= 0.6 is 0 Å². The van der Waals surface area contributed by atoms with E-state index in [0.717, 1.165) is 18.7 Å². The predicted molar refractivity (Wildman–Crippen MR) is 65.3 cm³/mol. The molecule has 2 N–H and O–H groups in total. The van der Waals surface area contributed by atoms with E-state index < -0.39 is 11.6 Å². The Bertz CT molecular complexity index is 459. The van der Waals surface area contributed by atoms with Gasteiger partial charge in [0, 0.05) is 6.07 Å². The van der Waals surface area contributed by atoms with Gasteiger partial charge >= 0.3 is 0 Å². The van der Waals surface area contributed by atoms with Crippen molar-refractivity contribution >= 4 is 11.6 Å². The van der Waals surface area contributed by atoms with Crippen molar-refractivity contribution in [1.29, 1.82) is 0 Å². The van der Waals surface area contributed by atoms with E-state index in [4.69, 9.17) is 0 Å². The van der Waals surface area contributed by atoms with E-state index in [-0.39, 0.29) is 23.7 Å². The minimum Gasteiger partial charge on any atom is -0.322 e. The van der Waals surface area contributed by atoms with Crippen LogP contribution in [0.2, 0.25) is 0 Å². The number of aryl methyl sites for hydroxylation is 1. The van der Waals surface area contributed by atoms with Crippen molar-refractivity contribution < 1.29 is 13.6 Å². The van der Waals surface area contributed by atoms with Crippen molar-refractivity contribution in [2.75, 3.05) is 18.4 Å². The molecule has 0 unspecified atom stereocenters. The Morgan fingerprint density at radius 2 is 2.06 bits per heavy atom. The first kappa shape index (κ1) is 13.0. The molecule has 0 heterocycles. The Morgan fingerprint density at radius 1 is 1.33 bits per heavy atom. The topological polar surface area (TPSA) is 41.1 Å². The number of halogens is 2. The molecule has 1 amide bonds. The van der Waals surface area contributed by atoms with Gasteiger partial charge in [-0.3, -0.25) is 4.79 Å². The van der Waals surface area contributed by atoms with Gasteiger partial charge in [0.25, 0.3) is 0 Å². The third-order valence-corrected chi connectivity index (χ3v) is 2.94. The summed E-state index contributed by atoms with van der Waals surface area (Å²) in [7, 11) is 0. The molecule has 1 aliphatic carbocycles. The minimum absolute atomic E-state index is 0.115. The average molecular weight is 254 g/mol. The zero-order valence-corrected chi connectivity index (χ0v) is 10.2. The fraction of sp³-hybridized carbons (Fsp3) is 0.462. The largest absolute Gasteiger partial charge is 0.322 e. The van der Waals surface area contributed by atoms with Gasteiger partial charge < -0.3 is 10.6 Å². The Balaban J connectivity index is 1.87. The molecular weight excluding hydrogens is 238 g/mol. The van der Waals surface area contributed by atoms with Crippen molar-refractivity contribution in [3.8, 4) is 0 Å². The van der Waals surface area contributed by atoms with Crippen LogP contribution in [-0.4, -0.2) is 19.0 Å². The van der Waals surface area contributed by atoms with Gasteiger partial charge in [0.2, 0.25) is 5.91 Å². The van der Waals surface area contributed by atoms with E-state index >= 15 is 0 Å². The maximum absolute atomic E-state index is 13.4. The summed E-state index contributed by atoms with van der Waals surface area (Å²) in [6.07, 6.45) is 2.40. The van der Waals surface area contributed by atoms with Gasteiger partial charge in [0.15, 0.2) is 0 Å². The molecule has 5 heteroatoms. The number of hydrogen-bond donors (Lipinski definition) is 2. The second kappa shape index (κ2) is 5.44.